The summed E-state index contributed by atoms with van der Waals surface area (Å²) in [6, 6.07) is 10.3. The van der Waals surface area contributed by atoms with Crippen LogP contribution < -0.4 is 16.0 Å². The van der Waals surface area contributed by atoms with Gasteiger partial charge in [-0.15, -0.1) is 0 Å². The van der Waals surface area contributed by atoms with Crippen molar-refractivity contribution in [2.75, 3.05) is 5.32 Å². The molecule has 0 fully saturated rings. The third-order valence-corrected chi connectivity index (χ3v) is 5.77. The lowest BCUT2D eigenvalue weighted by molar-refractivity contribution is 0.0934. The second-order valence-corrected chi connectivity index (χ2v) is 10.6. The molecule has 3 N–H and O–H groups in total. The number of thiocarbonyl (C=S) groups is 1. The smallest absolute Gasteiger partial charge is 0.254 e. The average molecular weight is 609 g/mol. The van der Waals surface area contributed by atoms with Crippen LogP contribution >= 0.6 is 90.5 Å². The van der Waals surface area contributed by atoms with Gasteiger partial charge in [-0.3, -0.25) is 4.79 Å². The summed E-state index contributed by atoms with van der Waals surface area (Å²) < 4.78 is -0.184. The zero-order valence-electron chi connectivity index (χ0n) is 14.1. The van der Waals surface area contributed by atoms with Crippen LogP contribution in [0.25, 0.3) is 0 Å². The molecule has 0 saturated heterocycles. The lowest BCUT2D eigenvalue weighted by Gasteiger charge is -2.28. The molecule has 0 unspecified atom stereocenters. The number of benzene rings is 2. The summed E-state index contributed by atoms with van der Waals surface area (Å²) in [6.07, 6.45) is -1.11. The third-order valence-electron chi connectivity index (χ3n) is 3.49. The summed E-state index contributed by atoms with van der Waals surface area (Å²) in [5, 5.41) is 8.87. The molecule has 0 aliphatic carbocycles. The minimum Gasteiger partial charge on any atom is -0.339 e. The quantitative estimate of drug-likeness (QED) is 0.208. The molecule has 0 radical (unpaired) electrons. The second-order valence-electron chi connectivity index (χ2n) is 5.61. The number of rotatable bonds is 4. The molecule has 0 aromatic heterocycles. The van der Waals surface area contributed by atoms with E-state index in [1.165, 1.54) is 0 Å². The fraction of sp³-hybridized carbons (Fsp3) is 0.176. The monoisotopic (exact) mass is 605 g/mol. The van der Waals surface area contributed by atoms with Crippen molar-refractivity contribution in [1.29, 1.82) is 0 Å². The largest absolute Gasteiger partial charge is 0.339 e. The van der Waals surface area contributed by atoms with E-state index in [9.17, 15) is 4.79 Å². The summed E-state index contributed by atoms with van der Waals surface area (Å²) in [7, 11) is 0. The van der Waals surface area contributed by atoms with Gasteiger partial charge in [-0.25, -0.2) is 0 Å². The van der Waals surface area contributed by atoms with E-state index in [-0.39, 0.29) is 15.7 Å². The zero-order chi connectivity index (χ0) is 21.1. The van der Waals surface area contributed by atoms with E-state index in [0.717, 1.165) is 20.2 Å². The molecule has 2 aromatic carbocycles. The summed E-state index contributed by atoms with van der Waals surface area (Å²) in [5.41, 5.74) is 1.91. The highest BCUT2D eigenvalue weighted by atomic mass is 79.9. The molecule has 0 heterocycles. The van der Waals surface area contributed by atoms with E-state index >= 15 is 0 Å². The number of hydrogen-bond donors (Lipinski definition) is 3. The number of carbonyl (C=O) groups excluding carboxylic acids is 1. The van der Waals surface area contributed by atoms with Crippen molar-refractivity contribution in [3.8, 4) is 0 Å². The minimum atomic E-state index is -1.88. The molecule has 2 rings (SSSR count). The van der Waals surface area contributed by atoms with Gasteiger partial charge in [0, 0.05) is 8.95 Å². The minimum absolute atomic E-state index is 0.155. The molecule has 1 amide bonds. The Morgan fingerprint density at radius 3 is 2.36 bits per heavy atom. The van der Waals surface area contributed by atoms with Crippen LogP contribution in [0.2, 0.25) is 5.02 Å². The van der Waals surface area contributed by atoms with E-state index in [1.54, 1.807) is 24.3 Å². The number of halogens is 6. The van der Waals surface area contributed by atoms with Crippen LogP contribution in [0, 0.1) is 6.92 Å². The molecule has 11 heteroatoms. The van der Waals surface area contributed by atoms with Crippen LogP contribution in [0.3, 0.4) is 0 Å². The number of anilines is 1. The van der Waals surface area contributed by atoms with Gasteiger partial charge in [0.25, 0.3) is 5.91 Å². The first-order valence-electron chi connectivity index (χ1n) is 7.64. The van der Waals surface area contributed by atoms with E-state index in [0.29, 0.717) is 0 Å². The van der Waals surface area contributed by atoms with E-state index < -0.39 is 15.9 Å². The molecule has 1 atom stereocenters. The van der Waals surface area contributed by atoms with Crippen molar-refractivity contribution in [3.05, 3.63) is 61.5 Å². The fourth-order valence-electron chi connectivity index (χ4n) is 2.20. The summed E-state index contributed by atoms with van der Waals surface area (Å²) >= 11 is 36.3. The second kappa shape index (κ2) is 10.2. The first kappa shape index (κ1) is 24.0. The predicted octanol–water partition coefficient (Wildman–Crippen LogP) is 6.59. The Balaban J connectivity index is 2.16. The van der Waals surface area contributed by atoms with Crippen LogP contribution in [0.15, 0.2) is 45.3 Å². The standard InChI is InChI=1S/C17H13Br2Cl4N3OS/c1-8-6-9(18)7-11(19)13(8)24-16(28)26-15(17(21,22)23)25-14(27)10-4-2-3-5-12(10)20/h2-7,15H,1H3,(H,25,27)(H2,24,26,28)/t15-/m1/s1. The Morgan fingerprint density at radius 2 is 1.79 bits per heavy atom. The average Bonchev–Trinajstić information content (AvgIpc) is 2.57. The molecule has 0 bridgehead atoms. The van der Waals surface area contributed by atoms with Crippen LogP contribution in [0.5, 0.6) is 0 Å². The molecule has 0 saturated carbocycles. The Hall–Kier alpha value is -0.280. The number of carbonyl (C=O) groups is 1. The van der Waals surface area contributed by atoms with Crippen molar-refractivity contribution < 1.29 is 4.79 Å². The van der Waals surface area contributed by atoms with E-state index in [2.05, 4.69) is 47.8 Å². The van der Waals surface area contributed by atoms with Gasteiger partial charge < -0.3 is 16.0 Å². The maximum absolute atomic E-state index is 12.5. The van der Waals surface area contributed by atoms with Crippen molar-refractivity contribution in [1.82, 2.24) is 10.6 Å². The van der Waals surface area contributed by atoms with Gasteiger partial charge in [0.05, 0.1) is 16.3 Å². The van der Waals surface area contributed by atoms with Gasteiger partial charge in [-0.1, -0.05) is 74.5 Å². The van der Waals surface area contributed by atoms with Gasteiger partial charge in [-0.05, 0) is 64.9 Å². The fourth-order valence-corrected chi connectivity index (χ4v) is 4.50. The highest BCUT2D eigenvalue weighted by Gasteiger charge is 2.35. The Morgan fingerprint density at radius 1 is 1.14 bits per heavy atom. The Kier molecular flexibility index (Phi) is 8.70. The van der Waals surface area contributed by atoms with Crippen molar-refractivity contribution in [2.45, 2.75) is 16.9 Å². The number of hydrogen-bond acceptors (Lipinski definition) is 2. The Labute approximate surface area is 204 Å². The molecule has 150 valence electrons. The van der Waals surface area contributed by atoms with Crippen LogP contribution in [-0.2, 0) is 0 Å². The zero-order valence-corrected chi connectivity index (χ0v) is 21.1. The summed E-state index contributed by atoms with van der Waals surface area (Å²) in [5.74, 6) is -0.516. The molecular formula is C17H13Br2Cl4N3OS. The SMILES string of the molecule is Cc1cc(Br)cc(Br)c1NC(=S)N[C@@H](NC(=O)c1ccccc1Cl)C(Cl)(Cl)Cl. The van der Waals surface area contributed by atoms with Gasteiger partial charge in [0.15, 0.2) is 5.11 Å². The number of nitrogens with one attached hydrogen (secondary N) is 3. The Bertz CT molecular complexity index is 885. The number of amides is 1. The topological polar surface area (TPSA) is 53.2 Å². The van der Waals surface area contributed by atoms with Crippen LogP contribution in [0.4, 0.5) is 5.69 Å². The van der Waals surface area contributed by atoms with Crippen molar-refractivity contribution in [3.63, 3.8) is 0 Å². The van der Waals surface area contributed by atoms with Gasteiger partial charge in [0.2, 0.25) is 3.79 Å². The highest BCUT2D eigenvalue weighted by Crippen LogP contribution is 2.32. The maximum atomic E-state index is 12.5. The van der Waals surface area contributed by atoms with Crippen molar-refractivity contribution in [2.24, 2.45) is 0 Å². The predicted molar refractivity (Wildman–Crippen MR) is 129 cm³/mol. The van der Waals surface area contributed by atoms with E-state index in [1.807, 2.05) is 19.1 Å². The summed E-state index contributed by atoms with van der Waals surface area (Å²) in [6.45, 7) is 1.91. The van der Waals surface area contributed by atoms with Gasteiger partial charge in [0.1, 0.15) is 6.17 Å². The molecule has 4 nitrogen and oxygen atoms in total. The molecule has 0 spiro atoms. The lowest BCUT2D eigenvalue weighted by Crippen LogP contribution is -2.56. The van der Waals surface area contributed by atoms with Crippen LogP contribution in [0.1, 0.15) is 15.9 Å². The molecule has 0 aliphatic rings. The lowest BCUT2D eigenvalue weighted by atomic mass is 10.2. The molecule has 28 heavy (non-hydrogen) atoms. The number of alkyl halides is 3. The molecule has 0 aliphatic heterocycles. The third kappa shape index (κ3) is 6.62. The highest BCUT2D eigenvalue weighted by molar-refractivity contribution is 9.11. The first-order valence-corrected chi connectivity index (χ1v) is 11.1. The molecule has 2 aromatic rings. The normalized spacial score (nSPS) is 12.2. The van der Waals surface area contributed by atoms with E-state index in [4.69, 9.17) is 58.6 Å². The first-order chi connectivity index (χ1) is 13.0. The van der Waals surface area contributed by atoms with Gasteiger partial charge >= 0.3 is 0 Å². The van der Waals surface area contributed by atoms with Gasteiger partial charge in [-0.2, -0.15) is 0 Å². The number of aryl methyl sites for hydroxylation is 1. The van der Waals surface area contributed by atoms with Crippen molar-refractivity contribution >= 4 is 107 Å². The van der Waals surface area contributed by atoms with Crippen LogP contribution in [-0.4, -0.2) is 21.0 Å². The molecular weight excluding hydrogens is 596 g/mol. The maximum Gasteiger partial charge on any atom is 0.254 e. The summed E-state index contributed by atoms with van der Waals surface area (Å²) in [4.78, 5) is 12.5.